The van der Waals surface area contributed by atoms with Gasteiger partial charge in [0.05, 0.1) is 28.4 Å². The first-order valence-electron chi connectivity index (χ1n) is 10.8. The molecule has 1 fully saturated rings. The maximum absolute atomic E-state index is 13.0. The van der Waals surface area contributed by atoms with E-state index in [9.17, 15) is 18.0 Å². The van der Waals surface area contributed by atoms with Crippen LogP contribution in [0.15, 0.2) is 47.4 Å². The number of sulfonamides is 1. The Bertz CT molecular complexity index is 1170. The summed E-state index contributed by atoms with van der Waals surface area (Å²) in [5.41, 5.74) is 0.0172. The van der Waals surface area contributed by atoms with Crippen molar-refractivity contribution in [1.82, 2.24) is 4.90 Å². The molecule has 2 aromatic rings. The SMILES string of the molecule is C[C@H]1CN(C(=O)COC(=O)c2ccccc2NS(=O)(=O)c2ccc3c(c2)OCCO3)C[C@H](C)O1. The second kappa shape index (κ2) is 9.90. The van der Waals surface area contributed by atoms with Gasteiger partial charge in [0.25, 0.3) is 15.9 Å². The predicted molar refractivity (Wildman–Crippen MR) is 122 cm³/mol. The zero-order valence-electron chi connectivity index (χ0n) is 18.9. The molecule has 1 N–H and O–H groups in total. The molecule has 11 heteroatoms. The Balaban J connectivity index is 1.45. The summed E-state index contributed by atoms with van der Waals surface area (Å²) in [4.78, 5) is 26.7. The molecule has 4 rings (SSSR count). The minimum Gasteiger partial charge on any atom is -0.486 e. The Kier molecular flexibility index (Phi) is 6.94. The molecule has 0 unspecified atom stereocenters. The number of hydrogen-bond donors (Lipinski definition) is 1. The Morgan fingerprint density at radius 3 is 2.44 bits per heavy atom. The van der Waals surface area contributed by atoms with Gasteiger partial charge in [-0.3, -0.25) is 9.52 Å². The molecule has 2 aliphatic heterocycles. The third-order valence-corrected chi connectivity index (χ3v) is 6.68. The highest BCUT2D eigenvalue weighted by Crippen LogP contribution is 2.33. The van der Waals surface area contributed by atoms with Crippen LogP contribution in [-0.2, 0) is 24.3 Å². The molecule has 10 nitrogen and oxygen atoms in total. The van der Waals surface area contributed by atoms with Crippen molar-refractivity contribution in [1.29, 1.82) is 0 Å². The molecular formula is C23H26N2O8S. The summed E-state index contributed by atoms with van der Waals surface area (Å²) in [5, 5.41) is 0. The number of ether oxygens (including phenoxy) is 4. The van der Waals surface area contributed by atoms with E-state index in [0.29, 0.717) is 37.8 Å². The van der Waals surface area contributed by atoms with Gasteiger partial charge in [-0.2, -0.15) is 0 Å². The molecule has 2 heterocycles. The summed E-state index contributed by atoms with van der Waals surface area (Å²) in [6.07, 6.45) is -0.224. The van der Waals surface area contributed by atoms with Crippen LogP contribution in [0.1, 0.15) is 24.2 Å². The Hall–Kier alpha value is -3.31. The van der Waals surface area contributed by atoms with Crippen molar-refractivity contribution in [2.45, 2.75) is 31.0 Å². The van der Waals surface area contributed by atoms with Crippen LogP contribution in [0.2, 0.25) is 0 Å². The summed E-state index contributed by atoms with van der Waals surface area (Å²) in [6.45, 7) is 4.80. The van der Waals surface area contributed by atoms with Crippen LogP contribution >= 0.6 is 0 Å². The van der Waals surface area contributed by atoms with Crippen LogP contribution < -0.4 is 14.2 Å². The van der Waals surface area contributed by atoms with Gasteiger partial charge in [-0.05, 0) is 38.1 Å². The van der Waals surface area contributed by atoms with Gasteiger partial charge < -0.3 is 23.8 Å². The fourth-order valence-corrected chi connectivity index (χ4v) is 4.92. The number of rotatable bonds is 6. The van der Waals surface area contributed by atoms with Crippen molar-refractivity contribution in [3.8, 4) is 11.5 Å². The van der Waals surface area contributed by atoms with E-state index in [1.165, 1.54) is 30.3 Å². The number of fused-ring (bicyclic) bond motifs is 1. The lowest BCUT2D eigenvalue weighted by atomic mass is 10.2. The smallest absolute Gasteiger partial charge is 0.340 e. The number of carbonyl (C=O) groups is 2. The fraction of sp³-hybridized carbons (Fsp3) is 0.391. The number of nitrogens with zero attached hydrogens (tertiary/aromatic N) is 1. The minimum absolute atomic E-state index is 0.0138. The van der Waals surface area contributed by atoms with Gasteiger partial charge in [0, 0.05) is 19.2 Å². The number of morpholine rings is 1. The molecule has 0 saturated carbocycles. The number of amides is 1. The number of anilines is 1. The van der Waals surface area contributed by atoms with Crippen LogP contribution in [0.25, 0.3) is 0 Å². The first-order chi connectivity index (χ1) is 16.2. The van der Waals surface area contributed by atoms with Gasteiger partial charge in [0.1, 0.15) is 13.2 Å². The van der Waals surface area contributed by atoms with Crippen LogP contribution in [0.5, 0.6) is 11.5 Å². The van der Waals surface area contributed by atoms with Crippen molar-refractivity contribution in [3.05, 3.63) is 48.0 Å². The number of nitrogens with one attached hydrogen (secondary N) is 1. The summed E-state index contributed by atoms with van der Waals surface area (Å²) in [5.74, 6) is -0.372. The molecule has 0 aromatic heterocycles. The Labute approximate surface area is 197 Å². The van der Waals surface area contributed by atoms with Crippen LogP contribution in [0, 0.1) is 0 Å². The van der Waals surface area contributed by atoms with E-state index in [4.69, 9.17) is 18.9 Å². The molecule has 1 amide bonds. The Morgan fingerprint density at radius 2 is 1.71 bits per heavy atom. The number of carbonyl (C=O) groups excluding carboxylic acids is 2. The second-order valence-electron chi connectivity index (χ2n) is 8.09. The molecular weight excluding hydrogens is 464 g/mol. The zero-order valence-corrected chi connectivity index (χ0v) is 19.7. The molecule has 2 aromatic carbocycles. The first kappa shape index (κ1) is 23.8. The first-order valence-corrected chi connectivity index (χ1v) is 12.3. The summed E-state index contributed by atoms with van der Waals surface area (Å²) >= 11 is 0. The maximum Gasteiger partial charge on any atom is 0.340 e. The van der Waals surface area contributed by atoms with Crippen LogP contribution in [0.4, 0.5) is 5.69 Å². The number of esters is 1. The van der Waals surface area contributed by atoms with E-state index in [-0.39, 0.29) is 34.3 Å². The largest absolute Gasteiger partial charge is 0.486 e. The summed E-state index contributed by atoms with van der Waals surface area (Å²) < 4.78 is 50.0. The van der Waals surface area contributed by atoms with Gasteiger partial charge in [-0.25, -0.2) is 13.2 Å². The van der Waals surface area contributed by atoms with Crippen LogP contribution in [-0.4, -0.2) is 70.3 Å². The summed E-state index contributed by atoms with van der Waals surface area (Å²) in [6, 6.07) is 10.3. The zero-order chi connectivity index (χ0) is 24.3. The topological polar surface area (TPSA) is 120 Å². The molecule has 0 spiro atoms. The highest BCUT2D eigenvalue weighted by molar-refractivity contribution is 7.92. The molecule has 2 atom stereocenters. The molecule has 0 bridgehead atoms. The van der Waals surface area contributed by atoms with E-state index >= 15 is 0 Å². The third kappa shape index (κ3) is 5.42. The highest BCUT2D eigenvalue weighted by atomic mass is 32.2. The normalized spacial score (nSPS) is 19.9. The quantitative estimate of drug-likeness (QED) is 0.611. The monoisotopic (exact) mass is 490 g/mol. The van der Waals surface area contributed by atoms with E-state index in [2.05, 4.69) is 4.72 Å². The second-order valence-corrected chi connectivity index (χ2v) is 9.77. The lowest BCUT2D eigenvalue weighted by Crippen LogP contribution is -2.49. The fourth-order valence-electron chi connectivity index (χ4n) is 3.82. The number of hydrogen-bond acceptors (Lipinski definition) is 8. The lowest BCUT2D eigenvalue weighted by molar-refractivity contribution is -0.146. The Morgan fingerprint density at radius 1 is 1.03 bits per heavy atom. The van der Waals surface area contributed by atoms with E-state index < -0.39 is 22.6 Å². The summed E-state index contributed by atoms with van der Waals surface area (Å²) in [7, 11) is -4.05. The molecule has 0 radical (unpaired) electrons. The van der Waals surface area contributed by atoms with Gasteiger partial charge in [-0.1, -0.05) is 12.1 Å². The number of para-hydroxylation sites is 1. The van der Waals surface area contributed by atoms with E-state index in [1.54, 1.807) is 17.0 Å². The van der Waals surface area contributed by atoms with Gasteiger partial charge in [0.15, 0.2) is 18.1 Å². The average molecular weight is 491 g/mol. The standard InChI is InChI=1S/C23H26N2O8S/c1-15-12-25(13-16(2)33-15)22(26)14-32-23(27)18-5-3-4-6-19(18)24-34(28,29)17-7-8-20-21(11-17)31-10-9-30-20/h3-8,11,15-16,24H,9-10,12-14H2,1-2H3/t15-,16-/m0/s1. The highest BCUT2D eigenvalue weighted by Gasteiger charge is 2.27. The van der Waals surface area contributed by atoms with E-state index in [0.717, 1.165) is 0 Å². The minimum atomic E-state index is -4.05. The lowest BCUT2D eigenvalue weighted by Gasteiger charge is -2.35. The molecule has 34 heavy (non-hydrogen) atoms. The van der Waals surface area contributed by atoms with Crippen molar-refractivity contribution < 1.29 is 37.0 Å². The van der Waals surface area contributed by atoms with Crippen molar-refractivity contribution >= 4 is 27.6 Å². The number of benzene rings is 2. The third-order valence-electron chi connectivity index (χ3n) is 5.31. The van der Waals surface area contributed by atoms with E-state index in [1.807, 2.05) is 13.8 Å². The van der Waals surface area contributed by atoms with Gasteiger partial charge >= 0.3 is 5.97 Å². The van der Waals surface area contributed by atoms with Crippen molar-refractivity contribution in [3.63, 3.8) is 0 Å². The van der Waals surface area contributed by atoms with Crippen LogP contribution in [0.3, 0.4) is 0 Å². The molecule has 1 saturated heterocycles. The molecule has 0 aliphatic carbocycles. The average Bonchev–Trinajstić information content (AvgIpc) is 2.81. The molecule has 2 aliphatic rings. The predicted octanol–water partition coefficient (Wildman–Crippen LogP) is 2.05. The van der Waals surface area contributed by atoms with Gasteiger partial charge in [-0.15, -0.1) is 0 Å². The van der Waals surface area contributed by atoms with Gasteiger partial charge in [0.2, 0.25) is 0 Å². The van der Waals surface area contributed by atoms with Crippen molar-refractivity contribution in [2.24, 2.45) is 0 Å². The molecule has 182 valence electrons. The maximum atomic E-state index is 13.0. The van der Waals surface area contributed by atoms with Crippen molar-refractivity contribution in [2.75, 3.05) is 37.6 Å².